The lowest BCUT2D eigenvalue weighted by Crippen LogP contribution is -2.69. The molecular weight excluding hydrogens is 332 g/mol. The van der Waals surface area contributed by atoms with E-state index < -0.39 is 0 Å². The Balaban J connectivity index is 1.62. The smallest absolute Gasteiger partial charge is 0.261 e. The second-order valence-electron chi connectivity index (χ2n) is 7.87. The molecular formula is C20H26N2O2S. The molecule has 5 heteroatoms. The molecule has 1 atom stereocenters. The maximum Gasteiger partial charge on any atom is 0.261 e. The van der Waals surface area contributed by atoms with E-state index in [9.17, 15) is 4.79 Å². The molecule has 1 aromatic carbocycles. The standard InChI is InChI=1S/C20H26N2O2S/c1-12-5-6-14-11-15(25-17(14)16(12)24-4)19(23)21-18-13-7-9-22(10-8-13)20(18,2)3/h5-6,11,13,18H,7-10H2,1-4H3,(H,21,23). The van der Waals surface area contributed by atoms with Crippen molar-refractivity contribution in [1.29, 1.82) is 0 Å². The molecule has 0 saturated carbocycles. The molecule has 134 valence electrons. The Morgan fingerprint density at radius 1 is 1.32 bits per heavy atom. The summed E-state index contributed by atoms with van der Waals surface area (Å²) in [5.41, 5.74) is 1.13. The van der Waals surface area contributed by atoms with Crippen LogP contribution in [0.4, 0.5) is 0 Å². The Labute approximate surface area is 153 Å². The van der Waals surface area contributed by atoms with Gasteiger partial charge in [-0.25, -0.2) is 0 Å². The zero-order valence-corrected chi connectivity index (χ0v) is 16.2. The number of rotatable bonds is 3. The molecule has 25 heavy (non-hydrogen) atoms. The van der Waals surface area contributed by atoms with Gasteiger partial charge in [0.15, 0.2) is 0 Å². The van der Waals surface area contributed by atoms with Gasteiger partial charge in [0.25, 0.3) is 5.91 Å². The molecule has 0 spiro atoms. The van der Waals surface area contributed by atoms with E-state index in [1.807, 2.05) is 19.1 Å². The zero-order chi connectivity index (χ0) is 17.8. The summed E-state index contributed by atoms with van der Waals surface area (Å²) in [5, 5.41) is 4.43. The second-order valence-corrected chi connectivity index (χ2v) is 8.93. The van der Waals surface area contributed by atoms with E-state index in [0.717, 1.165) is 39.4 Å². The van der Waals surface area contributed by atoms with Gasteiger partial charge in [0.05, 0.1) is 16.7 Å². The molecule has 4 nitrogen and oxygen atoms in total. The monoisotopic (exact) mass is 358 g/mol. The van der Waals surface area contributed by atoms with Crippen LogP contribution in [0.15, 0.2) is 18.2 Å². The molecule has 2 aromatic rings. The highest BCUT2D eigenvalue weighted by Gasteiger charge is 2.48. The van der Waals surface area contributed by atoms with Gasteiger partial charge in [-0.3, -0.25) is 9.69 Å². The molecule has 1 unspecified atom stereocenters. The molecule has 1 amide bonds. The number of ether oxygens (including phenoxy) is 1. The van der Waals surface area contributed by atoms with Crippen molar-refractivity contribution in [3.8, 4) is 5.75 Å². The van der Waals surface area contributed by atoms with E-state index in [2.05, 4.69) is 30.1 Å². The molecule has 3 fully saturated rings. The Kier molecular flexibility index (Phi) is 4.04. The molecule has 1 N–H and O–H groups in total. The fraction of sp³-hybridized carbons (Fsp3) is 0.550. The van der Waals surface area contributed by atoms with Crippen molar-refractivity contribution < 1.29 is 9.53 Å². The number of thiophene rings is 1. The van der Waals surface area contributed by atoms with Crippen molar-refractivity contribution >= 4 is 27.3 Å². The van der Waals surface area contributed by atoms with Crippen LogP contribution in [0.3, 0.4) is 0 Å². The van der Waals surface area contributed by atoms with Crippen molar-refractivity contribution in [2.75, 3.05) is 20.2 Å². The number of carbonyl (C=O) groups is 1. The summed E-state index contributed by atoms with van der Waals surface area (Å²) in [6, 6.07) is 6.33. The van der Waals surface area contributed by atoms with Crippen LogP contribution < -0.4 is 10.1 Å². The predicted molar refractivity (Wildman–Crippen MR) is 103 cm³/mol. The molecule has 3 saturated heterocycles. The fourth-order valence-corrected chi connectivity index (χ4v) is 5.77. The largest absolute Gasteiger partial charge is 0.495 e. The molecule has 0 radical (unpaired) electrons. The number of amides is 1. The van der Waals surface area contributed by atoms with E-state index in [1.165, 1.54) is 24.2 Å². The SMILES string of the molecule is COc1c(C)ccc2cc(C(=O)NC3C4CCN(CC4)C3(C)C)sc12. The van der Waals surface area contributed by atoms with Crippen LogP contribution >= 0.6 is 11.3 Å². The van der Waals surface area contributed by atoms with Gasteiger partial charge in [0.1, 0.15) is 5.75 Å². The van der Waals surface area contributed by atoms with E-state index in [1.54, 1.807) is 7.11 Å². The van der Waals surface area contributed by atoms with Crippen LogP contribution in [0.1, 0.15) is 41.9 Å². The first-order valence-corrected chi connectivity index (χ1v) is 9.86. The van der Waals surface area contributed by atoms with Crippen LogP contribution in [0, 0.1) is 12.8 Å². The molecule has 4 heterocycles. The molecule has 3 aliphatic rings. The Morgan fingerprint density at radius 3 is 2.68 bits per heavy atom. The van der Waals surface area contributed by atoms with Gasteiger partial charge in [0, 0.05) is 11.6 Å². The number of piperidine rings is 3. The number of carbonyl (C=O) groups excluding carboxylic acids is 1. The Morgan fingerprint density at radius 2 is 2.04 bits per heavy atom. The highest BCUT2D eigenvalue weighted by atomic mass is 32.1. The number of hydrogen-bond donors (Lipinski definition) is 1. The fourth-order valence-electron chi connectivity index (χ4n) is 4.63. The third-order valence-corrected chi connectivity index (χ3v) is 7.29. The summed E-state index contributed by atoms with van der Waals surface area (Å²) in [7, 11) is 1.69. The van der Waals surface area contributed by atoms with Crippen molar-refractivity contribution in [3.05, 3.63) is 28.6 Å². The summed E-state index contributed by atoms with van der Waals surface area (Å²) in [5.74, 6) is 1.52. The van der Waals surface area contributed by atoms with Gasteiger partial charge in [-0.05, 0) is 69.6 Å². The first-order chi connectivity index (χ1) is 11.9. The lowest BCUT2D eigenvalue weighted by Gasteiger charge is -2.56. The van der Waals surface area contributed by atoms with E-state index in [4.69, 9.17) is 4.74 Å². The van der Waals surface area contributed by atoms with E-state index in [0.29, 0.717) is 5.92 Å². The first-order valence-electron chi connectivity index (χ1n) is 9.05. The van der Waals surface area contributed by atoms with E-state index >= 15 is 0 Å². The van der Waals surface area contributed by atoms with Gasteiger partial charge >= 0.3 is 0 Å². The van der Waals surface area contributed by atoms with Crippen molar-refractivity contribution in [2.24, 2.45) is 5.92 Å². The van der Waals surface area contributed by atoms with Crippen molar-refractivity contribution in [3.63, 3.8) is 0 Å². The number of benzene rings is 1. The maximum atomic E-state index is 13.0. The van der Waals surface area contributed by atoms with Crippen molar-refractivity contribution in [2.45, 2.75) is 45.2 Å². The third kappa shape index (κ3) is 2.64. The van der Waals surface area contributed by atoms with Crippen LogP contribution in [0.5, 0.6) is 5.75 Å². The third-order valence-electron chi connectivity index (χ3n) is 6.14. The van der Waals surface area contributed by atoms with Gasteiger partial charge in [0.2, 0.25) is 0 Å². The number of nitrogens with one attached hydrogen (secondary N) is 1. The van der Waals surface area contributed by atoms with Gasteiger partial charge in [-0.15, -0.1) is 11.3 Å². The van der Waals surface area contributed by atoms with Crippen molar-refractivity contribution in [1.82, 2.24) is 10.2 Å². The minimum Gasteiger partial charge on any atom is -0.495 e. The average Bonchev–Trinajstić information content (AvgIpc) is 3.02. The molecule has 1 aromatic heterocycles. The molecule has 0 aliphatic carbocycles. The number of nitrogens with zero attached hydrogens (tertiary/aromatic N) is 1. The maximum absolute atomic E-state index is 13.0. The number of methoxy groups -OCH3 is 1. The Hall–Kier alpha value is -1.59. The van der Waals surface area contributed by atoms with E-state index in [-0.39, 0.29) is 17.5 Å². The predicted octanol–water partition coefficient (Wildman–Crippen LogP) is 3.82. The van der Waals surface area contributed by atoms with Crippen LogP contribution in [0.25, 0.3) is 10.1 Å². The molecule has 5 rings (SSSR count). The van der Waals surface area contributed by atoms with Crippen LogP contribution in [-0.2, 0) is 0 Å². The minimum absolute atomic E-state index is 0.0296. The second kappa shape index (κ2) is 5.99. The normalized spacial score (nSPS) is 27.4. The van der Waals surface area contributed by atoms with Crippen LogP contribution in [-0.4, -0.2) is 42.6 Å². The lowest BCUT2D eigenvalue weighted by atomic mass is 9.72. The average molecular weight is 359 g/mol. The lowest BCUT2D eigenvalue weighted by molar-refractivity contribution is -0.0377. The number of hydrogen-bond acceptors (Lipinski definition) is 4. The number of fused-ring (bicyclic) bond motifs is 4. The molecule has 2 bridgehead atoms. The summed E-state index contributed by atoms with van der Waals surface area (Å²) < 4.78 is 6.60. The summed E-state index contributed by atoms with van der Waals surface area (Å²) in [6.07, 6.45) is 2.38. The van der Waals surface area contributed by atoms with Gasteiger partial charge < -0.3 is 10.1 Å². The summed E-state index contributed by atoms with van der Waals surface area (Å²) >= 11 is 1.53. The highest BCUT2D eigenvalue weighted by Crippen LogP contribution is 2.40. The summed E-state index contributed by atoms with van der Waals surface area (Å²) in [4.78, 5) is 16.3. The number of aryl methyl sites for hydroxylation is 1. The quantitative estimate of drug-likeness (QED) is 0.907. The van der Waals surface area contributed by atoms with Gasteiger partial charge in [-0.2, -0.15) is 0 Å². The summed E-state index contributed by atoms with van der Waals surface area (Å²) in [6.45, 7) is 8.88. The molecule has 3 aliphatic heterocycles. The van der Waals surface area contributed by atoms with Crippen LogP contribution in [0.2, 0.25) is 0 Å². The minimum atomic E-state index is 0.0296. The highest BCUT2D eigenvalue weighted by molar-refractivity contribution is 7.21. The first kappa shape index (κ1) is 16.9. The topological polar surface area (TPSA) is 41.6 Å². The zero-order valence-electron chi connectivity index (χ0n) is 15.4. The van der Waals surface area contributed by atoms with Gasteiger partial charge in [-0.1, -0.05) is 12.1 Å². The Bertz CT molecular complexity index is 818.